The molecule has 7 nitrogen and oxygen atoms in total. The molecule has 1 aliphatic rings. The number of hydrogen-bond donors (Lipinski definition) is 0. The molecule has 34 heavy (non-hydrogen) atoms. The number of aromatic nitrogens is 2. The molecular formula is C27H33N3O4. The highest BCUT2D eigenvalue weighted by molar-refractivity contribution is 5.79. The van der Waals surface area contributed by atoms with Crippen molar-refractivity contribution in [3.8, 4) is 22.9 Å². The lowest BCUT2D eigenvalue weighted by Gasteiger charge is -2.23. The lowest BCUT2D eigenvalue weighted by atomic mass is 9.87. The van der Waals surface area contributed by atoms with Crippen molar-refractivity contribution in [1.29, 1.82) is 0 Å². The van der Waals surface area contributed by atoms with Gasteiger partial charge in [-0.1, -0.05) is 57.1 Å². The molecule has 0 N–H and O–H groups in total. The van der Waals surface area contributed by atoms with Crippen LogP contribution in [0.2, 0.25) is 0 Å². The summed E-state index contributed by atoms with van der Waals surface area (Å²) in [6.45, 7) is 9.76. The predicted molar refractivity (Wildman–Crippen MR) is 130 cm³/mol. The van der Waals surface area contributed by atoms with Crippen molar-refractivity contribution in [3.63, 3.8) is 0 Å². The van der Waals surface area contributed by atoms with Gasteiger partial charge in [-0.05, 0) is 47.6 Å². The van der Waals surface area contributed by atoms with E-state index in [0.29, 0.717) is 49.2 Å². The van der Waals surface area contributed by atoms with E-state index in [0.717, 1.165) is 17.5 Å². The molecule has 0 radical (unpaired) electrons. The third-order valence-electron chi connectivity index (χ3n) is 6.11. The minimum atomic E-state index is -0.231. The quantitative estimate of drug-likeness (QED) is 0.427. The average Bonchev–Trinajstić information content (AvgIpc) is 3.44. The van der Waals surface area contributed by atoms with Gasteiger partial charge in [0.2, 0.25) is 17.6 Å². The SMILES string of the molecule is CCCOc1ccc(-c2noc(C3CCC(=O)N3Cc3ccc(C(C)(C)C)cc3)n2)cc1OC. The van der Waals surface area contributed by atoms with E-state index in [1.807, 2.05) is 23.1 Å². The van der Waals surface area contributed by atoms with Crippen LogP contribution in [-0.4, -0.2) is 34.7 Å². The Morgan fingerprint density at radius 3 is 2.56 bits per heavy atom. The van der Waals surface area contributed by atoms with Gasteiger partial charge < -0.3 is 18.9 Å². The molecule has 0 aliphatic carbocycles. The highest BCUT2D eigenvalue weighted by Crippen LogP contribution is 2.36. The smallest absolute Gasteiger partial charge is 0.249 e. The van der Waals surface area contributed by atoms with Crippen LogP contribution in [0.15, 0.2) is 47.0 Å². The summed E-state index contributed by atoms with van der Waals surface area (Å²) < 4.78 is 16.8. The van der Waals surface area contributed by atoms with Crippen LogP contribution in [-0.2, 0) is 16.8 Å². The second-order valence-corrected chi connectivity index (χ2v) is 9.69. The van der Waals surface area contributed by atoms with E-state index in [1.54, 1.807) is 7.11 Å². The molecule has 0 spiro atoms. The van der Waals surface area contributed by atoms with E-state index in [1.165, 1.54) is 5.56 Å². The Kier molecular flexibility index (Phi) is 6.91. The minimum Gasteiger partial charge on any atom is -0.493 e. The molecular weight excluding hydrogens is 430 g/mol. The molecule has 1 aromatic heterocycles. The monoisotopic (exact) mass is 463 g/mol. The first kappa shape index (κ1) is 23.8. The van der Waals surface area contributed by atoms with Crippen LogP contribution >= 0.6 is 0 Å². The summed E-state index contributed by atoms with van der Waals surface area (Å²) in [6.07, 6.45) is 2.05. The van der Waals surface area contributed by atoms with Crippen molar-refractivity contribution in [1.82, 2.24) is 15.0 Å². The fourth-order valence-electron chi connectivity index (χ4n) is 4.12. The van der Waals surface area contributed by atoms with Crippen molar-refractivity contribution in [2.24, 2.45) is 0 Å². The van der Waals surface area contributed by atoms with Crippen LogP contribution in [0.25, 0.3) is 11.4 Å². The third-order valence-corrected chi connectivity index (χ3v) is 6.11. The van der Waals surface area contributed by atoms with Crippen molar-refractivity contribution >= 4 is 5.91 Å². The van der Waals surface area contributed by atoms with Gasteiger partial charge in [0.15, 0.2) is 11.5 Å². The summed E-state index contributed by atoms with van der Waals surface area (Å²) in [7, 11) is 1.61. The summed E-state index contributed by atoms with van der Waals surface area (Å²) in [5.41, 5.74) is 3.21. The number of likely N-dealkylation sites (tertiary alicyclic amines) is 1. The zero-order chi connectivity index (χ0) is 24.3. The number of nitrogens with zero attached hydrogens (tertiary/aromatic N) is 3. The maximum absolute atomic E-state index is 12.7. The molecule has 1 aliphatic heterocycles. The maximum Gasteiger partial charge on any atom is 0.249 e. The second-order valence-electron chi connectivity index (χ2n) is 9.69. The molecule has 1 saturated heterocycles. The van der Waals surface area contributed by atoms with Gasteiger partial charge in [-0.3, -0.25) is 4.79 Å². The second kappa shape index (κ2) is 9.87. The van der Waals surface area contributed by atoms with Crippen LogP contribution in [0.5, 0.6) is 11.5 Å². The normalized spacial score (nSPS) is 16.2. The van der Waals surface area contributed by atoms with E-state index in [9.17, 15) is 4.79 Å². The number of benzene rings is 2. The Morgan fingerprint density at radius 1 is 1.12 bits per heavy atom. The van der Waals surface area contributed by atoms with Gasteiger partial charge in [-0.15, -0.1) is 0 Å². The van der Waals surface area contributed by atoms with Crippen LogP contribution in [0.4, 0.5) is 0 Å². The van der Waals surface area contributed by atoms with Crippen LogP contribution in [0.1, 0.15) is 70.0 Å². The zero-order valence-corrected chi connectivity index (χ0v) is 20.6. The molecule has 3 aromatic rings. The third kappa shape index (κ3) is 5.08. The molecule has 2 heterocycles. The van der Waals surface area contributed by atoms with Crippen molar-refractivity contribution in [2.75, 3.05) is 13.7 Å². The summed E-state index contributed by atoms with van der Waals surface area (Å²) in [4.78, 5) is 19.2. The molecule has 4 rings (SSSR count). The van der Waals surface area contributed by atoms with E-state index >= 15 is 0 Å². The molecule has 1 unspecified atom stereocenters. The molecule has 1 atom stereocenters. The first-order chi connectivity index (χ1) is 16.3. The molecule has 180 valence electrons. The van der Waals surface area contributed by atoms with Crippen LogP contribution in [0.3, 0.4) is 0 Å². The van der Waals surface area contributed by atoms with Crippen molar-refractivity contribution in [2.45, 2.75) is 65.0 Å². The molecule has 7 heteroatoms. The van der Waals surface area contributed by atoms with E-state index in [4.69, 9.17) is 14.0 Å². The number of rotatable bonds is 8. The first-order valence-electron chi connectivity index (χ1n) is 11.8. The Bertz CT molecular complexity index is 1130. The van der Waals surface area contributed by atoms with Gasteiger partial charge in [0.25, 0.3) is 0 Å². The summed E-state index contributed by atoms with van der Waals surface area (Å²) in [5.74, 6) is 2.32. The van der Waals surface area contributed by atoms with Crippen LogP contribution < -0.4 is 9.47 Å². The summed E-state index contributed by atoms with van der Waals surface area (Å²) in [5, 5.41) is 4.18. The number of hydrogen-bond acceptors (Lipinski definition) is 6. The maximum atomic E-state index is 12.7. The molecule has 0 bridgehead atoms. The highest BCUT2D eigenvalue weighted by atomic mass is 16.5. The topological polar surface area (TPSA) is 77.7 Å². The zero-order valence-electron chi connectivity index (χ0n) is 20.6. The lowest BCUT2D eigenvalue weighted by molar-refractivity contribution is -0.130. The summed E-state index contributed by atoms with van der Waals surface area (Å²) in [6, 6.07) is 13.8. The number of ether oxygens (including phenoxy) is 2. The van der Waals surface area contributed by atoms with E-state index in [2.05, 4.69) is 62.1 Å². The van der Waals surface area contributed by atoms with E-state index in [-0.39, 0.29) is 17.4 Å². The van der Waals surface area contributed by atoms with Gasteiger partial charge in [0, 0.05) is 18.5 Å². The number of methoxy groups -OCH3 is 1. The Hall–Kier alpha value is -3.35. The lowest BCUT2D eigenvalue weighted by Crippen LogP contribution is -2.27. The van der Waals surface area contributed by atoms with Gasteiger partial charge in [-0.25, -0.2) is 0 Å². The minimum absolute atomic E-state index is 0.0910. The summed E-state index contributed by atoms with van der Waals surface area (Å²) >= 11 is 0. The number of carbonyl (C=O) groups excluding carboxylic acids is 1. The fourth-order valence-corrected chi connectivity index (χ4v) is 4.12. The Balaban J connectivity index is 1.52. The Labute approximate surface area is 201 Å². The average molecular weight is 464 g/mol. The number of carbonyl (C=O) groups is 1. The van der Waals surface area contributed by atoms with Crippen molar-refractivity contribution in [3.05, 3.63) is 59.5 Å². The molecule has 1 amide bonds. The van der Waals surface area contributed by atoms with Gasteiger partial charge in [-0.2, -0.15) is 4.98 Å². The highest BCUT2D eigenvalue weighted by Gasteiger charge is 2.36. The molecule has 0 saturated carbocycles. The number of amides is 1. The first-order valence-corrected chi connectivity index (χ1v) is 11.8. The van der Waals surface area contributed by atoms with Gasteiger partial charge in [0.05, 0.1) is 13.7 Å². The predicted octanol–water partition coefficient (Wildman–Crippen LogP) is 5.70. The Morgan fingerprint density at radius 2 is 1.88 bits per heavy atom. The van der Waals surface area contributed by atoms with Crippen molar-refractivity contribution < 1.29 is 18.8 Å². The largest absolute Gasteiger partial charge is 0.493 e. The molecule has 1 fully saturated rings. The van der Waals surface area contributed by atoms with Gasteiger partial charge >= 0.3 is 0 Å². The van der Waals surface area contributed by atoms with E-state index < -0.39 is 0 Å². The standard InChI is InChI=1S/C27H33N3O4/c1-6-15-33-22-13-9-19(16-23(22)32-5)25-28-26(34-29-25)21-12-14-24(31)30(21)17-18-7-10-20(11-8-18)27(2,3)4/h7-11,13,16,21H,6,12,14-15,17H2,1-5H3. The fraction of sp³-hybridized carbons (Fsp3) is 0.444. The molecule has 2 aromatic carbocycles. The van der Waals surface area contributed by atoms with Crippen LogP contribution in [0, 0.1) is 0 Å². The van der Waals surface area contributed by atoms with Gasteiger partial charge in [0.1, 0.15) is 6.04 Å².